The lowest BCUT2D eigenvalue weighted by Gasteiger charge is -2.34. The molecule has 2 aromatic heterocycles. The molecule has 0 saturated carbocycles. The van der Waals surface area contributed by atoms with Gasteiger partial charge in [-0.25, -0.2) is 4.68 Å². The molecule has 1 fully saturated rings. The van der Waals surface area contributed by atoms with Crippen LogP contribution in [0.3, 0.4) is 0 Å². The Kier molecular flexibility index (Phi) is 6.95. The Labute approximate surface area is 210 Å². The van der Waals surface area contributed by atoms with Crippen LogP contribution in [-0.2, 0) is 6.54 Å². The van der Waals surface area contributed by atoms with E-state index in [0.717, 1.165) is 25.3 Å². The summed E-state index contributed by atoms with van der Waals surface area (Å²) in [5.74, 6) is 1.26. The molecule has 0 aliphatic carbocycles. The fourth-order valence-electron chi connectivity index (χ4n) is 4.47. The van der Waals surface area contributed by atoms with E-state index in [1.54, 1.807) is 18.9 Å². The van der Waals surface area contributed by atoms with E-state index in [2.05, 4.69) is 9.88 Å². The van der Waals surface area contributed by atoms with Gasteiger partial charge >= 0.3 is 0 Å². The number of carbonyl (C=O) groups is 1. The van der Waals surface area contributed by atoms with Crippen molar-refractivity contribution < 1.29 is 14.3 Å². The first-order chi connectivity index (χ1) is 17.7. The SMILES string of the molecule is COc1ccc(OC)c(-c2nn(-c3ccccc3)cc2C(=O)N2CCN(Cc3ccncc3)CC2)c1. The number of rotatable bonds is 7. The molecule has 8 nitrogen and oxygen atoms in total. The lowest BCUT2D eigenvalue weighted by Crippen LogP contribution is -2.48. The minimum absolute atomic E-state index is 0.0411. The third-order valence-electron chi connectivity index (χ3n) is 6.44. The Morgan fingerprint density at radius 3 is 2.36 bits per heavy atom. The van der Waals surface area contributed by atoms with Crippen LogP contribution in [0.2, 0.25) is 0 Å². The Morgan fingerprint density at radius 1 is 0.917 bits per heavy atom. The van der Waals surface area contributed by atoms with Crippen LogP contribution in [0.25, 0.3) is 16.9 Å². The number of aromatic nitrogens is 3. The topological polar surface area (TPSA) is 72.7 Å². The number of hydrogen-bond donors (Lipinski definition) is 0. The molecule has 1 amide bonds. The molecule has 0 radical (unpaired) electrons. The quantitative estimate of drug-likeness (QED) is 0.397. The minimum Gasteiger partial charge on any atom is -0.497 e. The maximum absolute atomic E-state index is 13.8. The molecule has 0 N–H and O–H groups in total. The van der Waals surface area contributed by atoms with Crippen molar-refractivity contribution in [2.75, 3.05) is 40.4 Å². The number of para-hydroxylation sites is 1. The zero-order chi connectivity index (χ0) is 24.9. The molecule has 1 aliphatic rings. The molecule has 0 spiro atoms. The monoisotopic (exact) mass is 483 g/mol. The standard InChI is InChI=1S/C28H29N5O3/c1-35-23-8-9-26(36-2)24(18-23)27-25(20-33(30-27)22-6-4-3-5-7-22)28(34)32-16-14-31(15-17-32)19-21-10-12-29-13-11-21/h3-13,18,20H,14-17,19H2,1-2H3. The number of methoxy groups -OCH3 is 2. The van der Waals surface area contributed by atoms with Gasteiger partial charge in [0.2, 0.25) is 0 Å². The largest absolute Gasteiger partial charge is 0.497 e. The van der Waals surface area contributed by atoms with Crippen LogP contribution in [0.5, 0.6) is 11.5 Å². The minimum atomic E-state index is -0.0411. The Balaban J connectivity index is 1.44. The number of nitrogens with zero attached hydrogens (tertiary/aromatic N) is 5. The molecule has 4 aromatic rings. The summed E-state index contributed by atoms with van der Waals surface area (Å²) in [4.78, 5) is 22.2. The molecule has 36 heavy (non-hydrogen) atoms. The van der Waals surface area contributed by atoms with Gasteiger partial charge in [0, 0.05) is 56.9 Å². The van der Waals surface area contributed by atoms with E-state index >= 15 is 0 Å². The van der Waals surface area contributed by atoms with Crippen molar-refractivity contribution in [2.24, 2.45) is 0 Å². The third kappa shape index (κ3) is 4.94. The smallest absolute Gasteiger partial charge is 0.257 e. The lowest BCUT2D eigenvalue weighted by atomic mass is 10.1. The normalized spacial score (nSPS) is 14.0. The van der Waals surface area contributed by atoms with Gasteiger partial charge in [0.1, 0.15) is 17.2 Å². The fraction of sp³-hybridized carbons (Fsp3) is 0.250. The van der Waals surface area contributed by atoms with Crippen molar-refractivity contribution in [1.29, 1.82) is 0 Å². The fourth-order valence-corrected chi connectivity index (χ4v) is 4.47. The van der Waals surface area contributed by atoms with Crippen LogP contribution in [0, 0.1) is 0 Å². The molecular formula is C28H29N5O3. The molecule has 3 heterocycles. The van der Waals surface area contributed by atoms with Gasteiger partial charge in [0.15, 0.2) is 0 Å². The van der Waals surface area contributed by atoms with Gasteiger partial charge in [-0.2, -0.15) is 5.10 Å². The average Bonchev–Trinajstić information content (AvgIpc) is 3.39. The van der Waals surface area contributed by atoms with Gasteiger partial charge in [0.05, 0.1) is 25.5 Å². The van der Waals surface area contributed by atoms with Gasteiger partial charge in [-0.05, 0) is 48.0 Å². The highest BCUT2D eigenvalue weighted by atomic mass is 16.5. The zero-order valence-corrected chi connectivity index (χ0v) is 20.5. The van der Waals surface area contributed by atoms with E-state index < -0.39 is 0 Å². The first-order valence-electron chi connectivity index (χ1n) is 11.9. The van der Waals surface area contributed by atoms with Gasteiger partial charge in [-0.1, -0.05) is 18.2 Å². The van der Waals surface area contributed by atoms with Crippen molar-refractivity contribution >= 4 is 5.91 Å². The summed E-state index contributed by atoms with van der Waals surface area (Å²) in [6.45, 7) is 3.75. The number of ether oxygens (including phenoxy) is 2. The van der Waals surface area contributed by atoms with E-state index in [-0.39, 0.29) is 5.91 Å². The summed E-state index contributed by atoms with van der Waals surface area (Å²) >= 11 is 0. The predicted octanol–water partition coefficient (Wildman–Crippen LogP) is 3.91. The zero-order valence-electron chi connectivity index (χ0n) is 20.5. The summed E-state index contributed by atoms with van der Waals surface area (Å²) < 4.78 is 12.8. The van der Waals surface area contributed by atoms with E-state index in [9.17, 15) is 4.79 Å². The third-order valence-corrected chi connectivity index (χ3v) is 6.44. The van der Waals surface area contributed by atoms with Gasteiger partial charge in [-0.3, -0.25) is 14.7 Å². The Morgan fingerprint density at radius 2 is 1.67 bits per heavy atom. The van der Waals surface area contributed by atoms with Gasteiger partial charge in [-0.15, -0.1) is 0 Å². The van der Waals surface area contributed by atoms with Crippen molar-refractivity contribution in [1.82, 2.24) is 24.6 Å². The van der Waals surface area contributed by atoms with Gasteiger partial charge < -0.3 is 14.4 Å². The molecule has 0 atom stereocenters. The maximum atomic E-state index is 13.8. The molecule has 0 bridgehead atoms. The second kappa shape index (κ2) is 10.6. The van der Waals surface area contributed by atoms with E-state index in [4.69, 9.17) is 14.6 Å². The molecular weight excluding hydrogens is 454 g/mol. The highest BCUT2D eigenvalue weighted by Gasteiger charge is 2.28. The second-order valence-corrected chi connectivity index (χ2v) is 8.66. The average molecular weight is 484 g/mol. The van der Waals surface area contributed by atoms with E-state index in [1.165, 1.54) is 5.56 Å². The van der Waals surface area contributed by atoms with Crippen LogP contribution >= 0.6 is 0 Å². The predicted molar refractivity (Wildman–Crippen MR) is 138 cm³/mol. The Bertz CT molecular complexity index is 1320. The second-order valence-electron chi connectivity index (χ2n) is 8.66. The molecule has 184 valence electrons. The number of benzene rings is 2. The number of piperazine rings is 1. The summed E-state index contributed by atoms with van der Waals surface area (Å²) in [6.07, 6.45) is 5.44. The Hall–Kier alpha value is -4.17. The molecule has 1 saturated heterocycles. The van der Waals surface area contributed by atoms with Crippen LogP contribution in [0.4, 0.5) is 0 Å². The van der Waals surface area contributed by atoms with Crippen LogP contribution in [-0.4, -0.2) is 70.9 Å². The van der Waals surface area contributed by atoms with E-state index in [1.807, 2.05) is 84.2 Å². The summed E-state index contributed by atoms with van der Waals surface area (Å²) in [6, 6.07) is 19.4. The van der Waals surface area contributed by atoms with Crippen LogP contribution in [0.15, 0.2) is 79.3 Å². The maximum Gasteiger partial charge on any atom is 0.257 e. The van der Waals surface area contributed by atoms with Crippen molar-refractivity contribution in [3.8, 4) is 28.4 Å². The summed E-state index contributed by atoms with van der Waals surface area (Å²) in [5, 5.41) is 4.84. The molecule has 5 rings (SSSR count). The van der Waals surface area contributed by atoms with Crippen molar-refractivity contribution in [3.05, 3.63) is 90.4 Å². The summed E-state index contributed by atoms with van der Waals surface area (Å²) in [5.41, 5.74) is 3.92. The molecule has 1 aliphatic heterocycles. The molecule has 8 heteroatoms. The molecule has 2 aromatic carbocycles. The molecule has 0 unspecified atom stereocenters. The summed E-state index contributed by atoms with van der Waals surface area (Å²) in [7, 11) is 3.23. The number of hydrogen-bond acceptors (Lipinski definition) is 6. The number of pyridine rings is 1. The highest BCUT2D eigenvalue weighted by Crippen LogP contribution is 2.35. The van der Waals surface area contributed by atoms with Crippen molar-refractivity contribution in [3.63, 3.8) is 0 Å². The number of carbonyl (C=O) groups excluding carboxylic acids is 1. The van der Waals surface area contributed by atoms with Gasteiger partial charge in [0.25, 0.3) is 5.91 Å². The first-order valence-corrected chi connectivity index (χ1v) is 11.9. The van der Waals surface area contributed by atoms with E-state index in [0.29, 0.717) is 41.4 Å². The lowest BCUT2D eigenvalue weighted by molar-refractivity contribution is 0.0629. The first kappa shape index (κ1) is 23.6. The highest BCUT2D eigenvalue weighted by molar-refractivity contribution is 6.00. The number of amides is 1. The van der Waals surface area contributed by atoms with Crippen molar-refractivity contribution in [2.45, 2.75) is 6.54 Å². The van der Waals surface area contributed by atoms with Crippen LogP contribution < -0.4 is 9.47 Å². The van der Waals surface area contributed by atoms with Crippen LogP contribution in [0.1, 0.15) is 15.9 Å².